The Balaban J connectivity index is 2.74. The molecule has 1 radical (unpaired) electrons. The van der Waals surface area contributed by atoms with Gasteiger partial charge in [0.2, 0.25) is 0 Å². The van der Waals surface area contributed by atoms with Crippen LogP contribution in [0.15, 0.2) is 18.2 Å². The van der Waals surface area contributed by atoms with Crippen molar-refractivity contribution >= 4 is 17.5 Å². The smallest absolute Gasteiger partial charge is 0.267 e. The number of benzene rings is 1. The Bertz CT molecular complexity index is 497. The van der Waals surface area contributed by atoms with Gasteiger partial charge in [0.25, 0.3) is 17.5 Å². The highest BCUT2D eigenvalue weighted by Gasteiger charge is 2.39. The molecule has 0 unspecified atom stereocenters. The average Bonchev–Trinajstić information content (AvgIpc) is 2.44. The van der Waals surface area contributed by atoms with Crippen LogP contribution in [0.2, 0.25) is 0 Å². The summed E-state index contributed by atoms with van der Waals surface area (Å²) in [5, 5.41) is 10.7. The SMILES string of the molecule is [NH]N1C(=O)c2cccc([N+](=O)[O-])c2C1=O. The zero-order valence-electron chi connectivity index (χ0n) is 7.26. The van der Waals surface area contributed by atoms with Crippen LogP contribution in [-0.4, -0.2) is 21.7 Å². The minimum absolute atomic E-state index is 0.0933. The molecule has 0 fully saturated rings. The highest BCUT2D eigenvalue weighted by atomic mass is 16.6. The van der Waals surface area contributed by atoms with Gasteiger partial charge in [-0.25, -0.2) is 0 Å². The zero-order chi connectivity index (χ0) is 11.2. The summed E-state index contributed by atoms with van der Waals surface area (Å²) in [6.07, 6.45) is 0. The molecular weight excluding hydrogens is 202 g/mol. The molecule has 1 N–H and O–H groups in total. The van der Waals surface area contributed by atoms with Crippen LogP contribution in [-0.2, 0) is 0 Å². The summed E-state index contributed by atoms with van der Waals surface area (Å²) in [6.45, 7) is 0. The first-order chi connectivity index (χ1) is 7.04. The molecule has 0 bridgehead atoms. The highest BCUT2D eigenvalue weighted by Crippen LogP contribution is 2.29. The van der Waals surface area contributed by atoms with Crippen molar-refractivity contribution in [2.24, 2.45) is 0 Å². The molecule has 7 nitrogen and oxygen atoms in total. The monoisotopic (exact) mass is 206 g/mol. The van der Waals surface area contributed by atoms with Crippen molar-refractivity contribution in [1.82, 2.24) is 10.9 Å². The molecule has 1 aliphatic rings. The lowest BCUT2D eigenvalue weighted by Gasteiger charge is -2.00. The fourth-order valence-electron chi connectivity index (χ4n) is 1.42. The van der Waals surface area contributed by atoms with E-state index in [0.29, 0.717) is 0 Å². The standard InChI is InChI=1S/C8H4N3O4/c9-10-7(12)4-2-1-3-5(11(14)15)6(4)8(10)13/h1-3,9H. The Hall–Kier alpha value is -2.28. The molecule has 2 amide bonds. The van der Waals surface area contributed by atoms with Crippen molar-refractivity contribution in [1.29, 1.82) is 0 Å². The van der Waals surface area contributed by atoms with E-state index < -0.39 is 22.4 Å². The quantitative estimate of drug-likeness (QED) is 0.376. The zero-order valence-corrected chi connectivity index (χ0v) is 7.26. The number of carbonyl (C=O) groups excluding carboxylic acids is 2. The van der Waals surface area contributed by atoms with E-state index in [1.54, 1.807) is 0 Å². The molecule has 0 saturated heterocycles. The van der Waals surface area contributed by atoms with Gasteiger partial charge in [0, 0.05) is 6.07 Å². The number of rotatable bonds is 1. The number of hydrogen-bond acceptors (Lipinski definition) is 4. The Morgan fingerprint density at radius 3 is 2.53 bits per heavy atom. The first-order valence-corrected chi connectivity index (χ1v) is 3.91. The maximum atomic E-state index is 11.3. The van der Waals surface area contributed by atoms with Crippen molar-refractivity contribution in [2.75, 3.05) is 0 Å². The number of amides is 2. The van der Waals surface area contributed by atoms with Crippen LogP contribution in [0.5, 0.6) is 0 Å². The Kier molecular flexibility index (Phi) is 1.77. The number of fused-ring (bicyclic) bond motifs is 1. The average molecular weight is 206 g/mol. The summed E-state index contributed by atoms with van der Waals surface area (Å²) < 4.78 is 0. The molecule has 1 aliphatic heterocycles. The van der Waals surface area contributed by atoms with Crippen LogP contribution in [0.4, 0.5) is 5.69 Å². The molecule has 0 saturated carbocycles. The third kappa shape index (κ3) is 1.10. The first-order valence-electron chi connectivity index (χ1n) is 3.91. The fraction of sp³-hybridized carbons (Fsp3) is 0. The van der Waals surface area contributed by atoms with Gasteiger partial charge in [0.05, 0.1) is 10.5 Å². The molecule has 75 valence electrons. The van der Waals surface area contributed by atoms with E-state index in [9.17, 15) is 19.7 Å². The number of hydrogen-bond donors (Lipinski definition) is 0. The lowest BCUT2D eigenvalue weighted by atomic mass is 10.1. The molecule has 15 heavy (non-hydrogen) atoms. The van der Waals surface area contributed by atoms with E-state index >= 15 is 0 Å². The van der Waals surface area contributed by atoms with Crippen molar-refractivity contribution in [3.05, 3.63) is 39.4 Å². The second-order valence-corrected chi connectivity index (χ2v) is 2.90. The van der Waals surface area contributed by atoms with E-state index in [-0.39, 0.29) is 16.1 Å². The van der Waals surface area contributed by atoms with Crippen molar-refractivity contribution in [3.63, 3.8) is 0 Å². The Morgan fingerprint density at radius 1 is 1.27 bits per heavy atom. The van der Waals surface area contributed by atoms with Gasteiger partial charge in [0.1, 0.15) is 5.56 Å². The normalized spacial score (nSPS) is 14.3. The third-order valence-electron chi connectivity index (χ3n) is 2.09. The topological polar surface area (TPSA) is 104 Å². The van der Waals surface area contributed by atoms with Gasteiger partial charge >= 0.3 is 0 Å². The first kappa shape index (κ1) is 9.28. The van der Waals surface area contributed by atoms with Gasteiger partial charge in [-0.3, -0.25) is 19.7 Å². The second kappa shape index (κ2) is 2.85. The predicted molar refractivity (Wildman–Crippen MR) is 46.7 cm³/mol. The van der Waals surface area contributed by atoms with Crippen LogP contribution in [0.25, 0.3) is 0 Å². The van der Waals surface area contributed by atoms with Gasteiger partial charge < -0.3 is 0 Å². The van der Waals surface area contributed by atoms with Gasteiger partial charge in [-0.15, -0.1) is 5.84 Å². The Morgan fingerprint density at radius 2 is 1.93 bits per heavy atom. The lowest BCUT2D eigenvalue weighted by molar-refractivity contribution is -0.385. The minimum atomic E-state index is -0.956. The number of carbonyl (C=O) groups is 2. The summed E-state index contributed by atoms with van der Waals surface area (Å²) in [7, 11) is 0. The minimum Gasteiger partial charge on any atom is -0.267 e. The second-order valence-electron chi connectivity index (χ2n) is 2.90. The fourth-order valence-corrected chi connectivity index (χ4v) is 1.42. The molecule has 0 atom stereocenters. The number of nitrogens with zero attached hydrogens (tertiary/aromatic N) is 2. The van der Waals surface area contributed by atoms with E-state index in [0.717, 1.165) is 6.07 Å². The van der Waals surface area contributed by atoms with Crippen molar-refractivity contribution < 1.29 is 14.5 Å². The molecule has 1 aromatic rings. The molecular formula is C8H4N3O4. The van der Waals surface area contributed by atoms with Crippen LogP contribution < -0.4 is 5.84 Å². The third-order valence-corrected chi connectivity index (χ3v) is 2.09. The molecule has 0 spiro atoms. The van der Waals surface area contributed by atoms with Crippen LogP contribution in [0.1, 0.15) is 20.7 Å². The van der Waals surface area contributed by atoms with E-state index in [1.807, 2.05) is 0 Å². The number of nitro groups is 1. The van der Waals surface area contributed by atoms with Gasteiger partial charge in [-0.05, 0) is 6.07 Å². The van der Waals surface area contributed by atoms with Crippen LogP contribution in [0, 0.1) is 10.1 Å². The summed E-state index contributed by atoms with van der Waals surface area (Å²) in [6, 6.07) is 3.72. The summed E-state index contributed by atoms with van der Waals surface area (Å²) in [5.41, 5.74) is -0.840. The van der Waals surface area contributed by atoms with Crippen LogP contribution in [0.3, 0.4) is 0 Å². The van der Waals surface area contributed by atoms with Crippen molar-refractivity contribution in [3.8, 4) is 0 Å². The van der Waals surface area contributed by atoms with Crippen molar-refractivity contribution in [2.45, 2.75) is 0 Å². The lowest BCUT2D eigenvalue weighted by Crippen LogP contribution is -2.27. The summed E-state index contributed by atoms with van der Waals surface area (Å²) in [4.78, 5) is 32.5. The summed E-state index contributed by atoms with van der Waals surface area (Å²) in [5.74, 6) is 5.29. The molecule has 0 aromatic heterocycles. The number of nitro benzene ring substituents is 1. The maximum Gasteiger partial charge on any atom is 0.284 e. The predicted octanol–water partition coefficient (Wildman–Crippen LogP) is 0.389. The number of imide groups is 1. The summed E-state index contributed by atoms with van der Waals surface area (Å²) >= 11 is 0. The van der Waals surface area contributed by atoms with E-state index in [1.165, 1.54) is 12.1 Å². The molecule has 1 heterocycles. The Labute approximate surface area is 83.2 Å². The number of nitrogens with one attached hydrogen (secondary N) is 1. The maximum absolute atomic E-state index is 11.3. The van der Waals surface area contributed by atoms with E-state index in [4.69, 9.17) is 5.84 Å². The largest absolute Gasteiger partial charge is 0.284 e. The van der Waals surface area contributed by atoms with Gasteiger partial charge in [-0.1, -0.05) is 6.07 Å². The van der Waals surface area contributed by atoms with Gasteiger partial charge in [0.15, 0.2) is 0 Å². The highest BCUT2D eigenvalue weighted by molar-refractivity contribution is 6.22. The molecule has 2 rings (SSSR count). The van der Waals surface area contributed by atoms with E-state index in [2.05, 4.69) is 0 Å². The van der Waals surface area contributed by atoms with Crippen LogP contribution >= 0.6 is 0 Å². The molecule has 1 aromatic carbocycles. The van der Waals surface area contributed by atoms with Gasteiger partial charge in [-0.2, -0.15) is 5.01 Å². The molecule has 7 heteroatoms. The molecule has 0 aliphatic carbocycles.